The highest BCUT2D eigenvalue weighted by atomic mass is 16.5. The summed E-state index contributed by atoms with van der Waals surface area (Å²) in [5, 5.41) is 10.1. The number of aliphatic hydroxyl groups is 1. The maximum absolute atomic E-state index is 10.1. The lowest BCUT2D eigenvalue weighted by Crippen LogP contribution is -2.47. The van der Waals surface area contributed by atoms with Crippen LogP contribution < -0.4 is 4.74 Å². The zero-order valence-electron chi connectivity index (χ0n) is 9.19. The van der Waals surface area contributed by atoms with Crippen LogP contribution in [0, 0.1) is 0 Å². The average molecular weight is 220 g/mol. The van der Waals surface area contributed by atoms with Crippen LogP contribution in [0.4, 0.5) is 0 Å². The number of para-hydroxylation sites is 1. The fourth-order valence-corrected chi connectivity index (χ4v) is 2.65. The fraction of sp³-hybridized carbons (Fsp3) is 0.538. The normalized spacial score (nSPS) is 33.2. The van der Waals surface area contributed by atoms with Crippen LogP contribution in [0.3, 0.4) is 0 Å². The van der Waals surface area contributed by atoms with Crippen molar-refractivity contribution in [3.63, 3.8) is 0 Å². The topological polar surface area (TPSA) is 38.7 Å². The number of ether oxygens (including phenoxy) is 2. The Labute approximate surface area is 95.0 Å². The molecule has 0 aliphatic carbocycles. The molecule has 2 aliphatic heterocycles. The summed E-state index contributed by atoms with van der Waals surface area (Å²) in [6.07, 6.45) is 2.20. The zero-order valence-corrected chi connectivity index (χ0v) is 9.19. The lowest BCUT2D eigenvalue weighted by atomic mass is 9.85. The Hall–Kier alpha value is -1.06. The van der Waals surface area contributed by atoms with Crippen LogP contribution in [0.15, 0.2) is 24.3 Å². The van der Waals surface area contributed by atoms with Gasteiger partial charge in [0, 0.05) is 18.6 Å². The lowest BCUT2D eigenvalue weighted by molar-refractivity contribution is -0.103. The second-order valence-electron chi connectivity index (χ2n) is 4.70. The van der Waals surface area contributed by atoms with E-state index in [2.05, 4.69) is 0 Å². The van der Waals surface area contributed by atoms with Crippen molar-refractivity contribution >= 4 is 0 Å². The fourth-order valence-electron chi connectivity index (χ4n) is 2.65. The van der Waals surface area contributed by atoms with Crippen LogP contribution in [-0.2, 0) is 4.74 Å². The largest absolute Gasteiger partial charge is 0.484 e. The monoisotopic (exact) mass is 220 g/mol. The Bertz CT molecular complexity index is 383. The predicted molar refractivity (Wildman–Crippen MR) is 59.4 cm³/mol. The van der Waals surface area contributed by atoms with Gasteiger partial charge in [-0.3, -0.25) is 0 Å². The molecular weight excluding hydrogens is 204 g/mol. The molecule has 1 saturated heterocycles. The highest BCUT2D eigenvalue weighted by Gasteiger charge is 2.41. The maximum atomic E-state index is 10.1. The first-order valence-corrected chi connectivity index (χ1v) is 5.83. The molecule has 86 valence electrons. The molecular formula is C13H16O3. The Morgan fingerprint density at radius 1 is 1.31 bits per heavy atom. The molecule has 3 rings (SSSR count). The summed E-state index contributed by atoms with van der Waals surface area (Å²) in [7, 11) is 0. The van der Waals surface area contributed by atoms with Crippen molar-refractivity contribution in [3.05, 3.63) is 29.8 Å². The Kier molecular flexibility index (Phi) is 2.37. The first-order chi connectivity index (χ1) is 7.79. The summed E-state index contributed by atoms with van der Waals surface area (Å²) in [5.74, 6) is 0.812. The quantitative estimate of drug-likeness (QED) is 0.727. The molecule has 16 heavy (non-hydrogen) atoms. The smallest absolute Gasteiger partial charge is 0.135 e. The van der Waals surface area contributed by atoms with Crippen molar-refractivity contribution in [1.82, 2.24) is 0 Å². The molecule has 1 fully saturated rings. The minimum Gasteiger partial charge on any atom is -0.484 e. The third-order valence-corrected chi connectivity index (χ3v) is 3.46. The van der Waals surface area contributed by atoms with Crippen LogP contribution in [0.5, 0.6) is 5.75 Å². The van der Waals surface area contributed by atoms with Crippen LogP contribution in [0.25, 0.3) is 0 Å². The van der Waals surface area contributed by atoms with Gasteiger partial charge in [-0.25, -0.2) is 0 Å². The van der Waals surface area contributed by atoms with Crippen molar-refractivity contribution < 1.29 is 14.6 Å². The van der Waals surface area contributed by atoms with E-state index >= 15 is 0 Å². The summed E-state index contributed by atoms with van der Waals surface area (Å²) >= 11 is 0. The molecule has 0 radical (unpaired) electrons. The zero-order chi connectivity index (χ0) is 11.0. The Morgan fingerprint density at radius 2 is 2.19 bits per heavy atom. The van der Waals surface area contributed by atoms with Crippen molar-refractivity contribution in [1.29, 1.82) is 0 Å². The Balaban J connectivity index is 1.93. The van der Waals surface area contributed by atoms with E-state index in [4.69, 9.17) is 9.47 Å². The summed E-state index contributed by atoms with van der Waals surface area (Å²) in [6, 6.07) is 7.72. The number of aliphatic hydroxyl groups excluding tert-OH is 1. The van der Waals surface area contributed by atoms with E-state index in [0.29, 0.717) is 13.0 Å². The SMILES string of the molecule is O[C@H]1CC2(CCCOC2)Oc2ccccc21. The number of benzene rings is 1. The van der Waals surface area contributed by atoms with Crippen molar-refractivity contribution in [2.24, 2.45) is 0 Å². The molecule has 2 atom stereocenters. The van der Waals surface area contributed by atoms with Gasteiger partial charge in [-0.2, -0.15) is 0 Å². The van der Waals surface area contributed by atoms with Gasteiger partial charge in [0.2, 0.25) is 0 Å². The van der Waals surface area contributed by atoms with Crippen molar-refractivity contribution in [2.45, 2.75) is 31.0 Å². The van der Waals surface area contributed by atoms with Crippen LogP contribution >= 0.6 is 0 Å². The molecule has 2 heterocycles. The lowest BCUT2D eigenvalue weighted by Gasteiger charge is -2.42. The number of rotatable bonds is 0. The van der Waals surface area contributed by atoms with E-state index < -0.39 is 6.10 Å². The second kappa shape index (κ2) is 3.75. The van der Waals surface area contributed by atoms with E-state index in [0.717, 1.165) is 30.8 Å². The first-order valence-electron chi connectivity index (χ1n) is 5.83. The van der Waals surface area contributed by atoms with Gasteiger partial charge in [0.15, 0.2) is 0 Å². The van der Waals surface area contributed by atoms with Gasteiger partial charge in [0.05, 0.1) is 12.7 Å². The molecule has 1 aromatic rings. The first kappa shape index (κ1) is 10.1. The summed E-state index contributed by atoms with van der Waals surface area (Å²) in [4.78, 5) is 0. The van der Waals surface area contributed by atoms with Crippen LogP contribution in [0.1, 0.15) is 30.9 Å². The van der Waals surface area contributed by atoms with Gasteiger partial charge in [-0.1, -0.05) is 18.2 Å². The third kappa shape index (κ3) is 1.60. The van der Waals surface area contributed by atoms with Crippen molar-refractivity contribution in [2.75, 3.05) is 13.2 Å². The molecule has 3 nitrogen and oxygen atoms in total. The summed E-state index contributed by atoms with van der Waals surface area (Å²) in [5.41, 5.74) is 0.602. The van der Waals surface area contributed by atoms with E-state index in [-0.39, 0.29) is 5.60 Å². The molecule has 3 heteroatoms. The minimum atomic E-state index is -0.424. The molecule has 1 spiro atoms. The van der Waals surface area contributed by atoms with E-state index in [1.807, 2.05) is 24.3 Å². The highest BCUT2D eigenvalue weighted by Crippen LogP contribution is 2.42. The highest BCUT2D eigenvalue weighted by molar-refractivity contribution is 5.38. The van der Waals surface area contributed by atoms with E-state index in [1.54, 1.807) is 0 Å². The van der Waals surface area contributed by atoms with Gasteiger partial charge in [-0.05, 0) is 18.9 Å². The summed E-state index contributed by atoms with van der Waals surface area (Å²) in [6.45, 7) is 1.40. The van der Waals surface area contributed by atoms with Gasteiger partial charge < -0.3 is 14.6 Å². The number of hydrogen-bond donors (Lipinski definition) is 1. The molecule has 0 saturated carbocycles. The average Bonchev–Trinajstić information content (AvgIpc) is 2.30. The number of fused-ring (bicyclic) bond motifs is 1. The van der Waals surface area contributed by atoms with Gasteiger partial charge in [0.1, 0.15) is 11.4 Å². The standard InChI is InChI=1S/C13H16O3/c14-11-8-13(6-3-7-15-9-13)16-12-5-2-1-4-10(11)12/h1-2,4-5,11,14H,3,6-9H2/t11-,13?/m0/s1. The third-order valence-electron chi connectivity index (χ3n) is 3.46. The van der Waals surface area contributed by atoms with Crippen molar-refractivity contribution in [3.8, 4) is 5.75 Å². The predicted octanol–water partition coefficient (Wildman–Crippen LogP) is 2.05. The van der Waals surface area contributed by atoms with Crippen LogP contribution in [-0.4, -0.2) is 23.9 Å². The summed E-state index contributed by atoms with van der Waals surface area (Å²) < 4.78 is 11.5. The second-order valence-corrected chi connectivity index (χ2v) is 4.70. The molecule has 0 aromatic heterocycles. The van der Waals surface area contributed by atoms with E-state index in [1.165, 1.54) is 0 Å². The van der Waals surface area contributed by atoms with Crippen LogP contribution in [0.2, 0.25) is 0 Å². The molecule has 1 aromatic carbocycles. The van der Waals surface area contributed by atoms with E-state index in [9.17, 15) is 5.11 Å². The molecule has 2 aliphatic rings. The van der Waals surface area contributed by atoms with Gasteiger partial charge in [-0.15, -0.1) is 0 Å². The molecule has 1 unspecified atom stereocenters. The number of hydrogen-bond acceptors (Lipinski definition) is 3. The van der Waals surface area contributed by atoms with Gasteiger partial charge in [0.25, 0.3) is 0 Å². The van der Waals surface area contributed by atoms with Gasteiger partial charge >= 0.3 is 0 Å². The molecule has 0 bridgehead atoms. The molecule has 1 N–H and O–H groups in total. The Morgan fingerprint density at radius 3 is 3.00 bits per heavy atom. The minimum absolute atomic E-state index is 0.300. The maximum Gasteiger partial charge on any atom is 0.135 e. The molecule has 0 amide bonds.